The van der Waals surface area contributed by atoms with Gasteiger partial charge in [-0.3, -0.25) is 4.98 Å². The first kappa shape index (κ1) is 21.5. The average Bonchev–Trinajstić information content (AvgIpc) is 2.64. The molecular weight excluding hydrogens is 468 g/mol. The lowest BCUT2D eigenvalue weighted by atomic mass is 9.96. The Labute approximate surface area is 173 Å². The Bertz CT molecular complexity index is 806. The minimum atomic E-state index is -4.36. The van der Waals surface area contributed by atoms with Crippen molar-refractivity contribution in [3.8, 4) is 0 Å². The van der Waals surface area contributed by atoms with Crippen LogP contribution in [0, 0.1) is 0 Å². The van der Waals surface area contributed by atoms with Gasteiger partial charge in [-0.1, -0.05) is 18.2 Å². The Hall–Kier alpha value is -1.84. The number of hydrogen-bond donors (Lipinski definition) is 2. The molecule has 146 valence electrons. The molecule has 0 atom stereocenters. The topological polar surface area (TPSA) is 63.3 Å². The van der Waals surface area contributed by atoms with Gasteiger partial charge >= 0.3 is 6.18 Å². The number of pyridine rings is 1. The third-order valence-electron chi connectivity index (χ3n) is 4.37. The third-order valence-corrected chi connectivity index (χ3v) is 4.37. The first-order valence-electron chi connectivity index (χ1n) is 8.59. The first-order chi connectivity index (χ1) is 12.4. The minimum absolute atomic E-state index is 0. The zero-order valence-electron chi connectivity index (χ0n) is 14.7. The predicted molar refractivity (Wildman–Crippen MR) is 110 cm³/mol. The summed E-state index contributed by atoms with van der Waals surface area (Å²) in [4.78, 5) is 8.75. The molecule has 0 spiro atoms. The zero-order chi connectivity index (χ0) is 18.6. The van der Waals surface area contributed by atoms with Crippen molar-refractivity contribution in [3.05, 3.63) is 64.5 Å². The van der Waals surface area contributed by atoms with Crippen molar-refractivity contribution in [2.45, 2.75) is 44.9 Å². The van der Waals surface area contributed by atoms with Crippen molar-refractivity contribution in [3.63, 3.8) is 0 Å². The van der Waals surface area contributed by atoms with Crippen LogP contribution >= 0.6 is 24.0 Å². The fourth-order valence-electron chi connectivity index (χ4n) is 2.99. The molecule has 3 rings (SSSR count). The van der Waals surface area contributed by atoms with Crippen LogP contribution in [0.3, 0.4) is 0 Å². The Kier molecular flexibility index (Phi) is 7.46. The van der Waals surface area contributed by atoms with E-state index in [0.29, 0.717) is 12.1 Å². The molecule has 4 nitrogen and oxygen atoms in total. The molecule has 0 bridgehead atoms. The minimum Gasteiger partial charge on any atom is -0.370 e. The van der Waals surface area contributed by atoms with Gasteiger partial charge in [0.1, 0.15) is 0 Å². The van der Waals surface area contributed by atoms with Crippen molar-refractivity contribution in [2.24, 2.45) is 10.7 Å². The highest BCUT2D eigenvalue weighted by atomic mass is 127. The monoisotopic (exact) mass is 490 g/mol. The number of aryl methyl sites for hydroxylation is 2. The normalized spacial score (nSPS) is 14.3. The van der Waals surface area contributed by atoms with Gasteiger partial charge in [0.05, 0.1) is 24.3 Å². The van der Waals surface area contributed by atoms with Crippen LogP contribution in [-0.4, -0.2) is 10.9 Å². The van der Waals surface area contributed by atoms with Crippen LogP contribution < -0.4 is 11.1 Å². The zero-order valence-corrected chi connectivity index (χ0v) is 17.1. The fourth-order valence-corrected chi connectivity index (χ4v) is 2.99. The van der Waals surface area contributed by atoms with E-state index in [1.165, 1.54) is 18.1 Å². The van der Waals surface area contributed by atoms with Gasteiger partial charge < -0.3 is 11.1 Å². The summed E-state index contributed by atoms with van der Waals surface area (Å²) in [5.74, 6) is 0.182. The van der Waals surface area contributed by atoms with Crippen LogP contribution in [0.25, 0.3) is 0 Å². The highest BCUT2D eigenvalue weighted by Crippen LogP contribution is 2.29. The maximum Gasteiger partial charge on any atom is 0.416 e. The van der Waals surface area contributed by atoms with Gasteiger partial charge in [0, 0.05) is 5.69 Å². The Morgan fingerprint density at radius 1 is 1.15 bits per heavy atom. The molecule has 1 aromatic carbocycles. The lowest BCUT2D eigenvalue weighted by Gasteiger charge is -2.15. The van der Waals surface area contributed by atoms with Crippen molar-refractivity contribution >= 4 is 29.9 Å². The number of aromatic nitrogens is 1. The van der Waals surface area contributed by atoms with Gasteiger partial charge in [-0.05, 0) is 55.0 Å². The average molecular weight is 490 g/mol. The number of hydrogen-bond acceptors (Lipinski definition) is 2. The number of benzene rings is 1. The largest absolute Gasteiger partial charge is 0.416 e. The summed E-state index contributed by atoms with van der Waals surface area (Å²) in [7, 11) is 0. The van der Waals surface area contributed by atoms with E-state index in [1.54, 1.807) is 6.07 Å². The van der Waals surface area contributed by atoms with Crippen LogP contribution in [0.15, 0.2) is 41.4 Å². The van der Waals surface area contributed by atoms with Crippen LogP contribution in [0.4, 0.5) is 13.2 Å². The van der Waals surface area contributed by atoms with Crippen LogP contribution in [-0.2, 0) is 32.1 Å². The van der Waals surface area contributed by atoms with E-state index in [0.717, 1.165) is 42.8 Å². The molecule has 8 heteroatoms. The Morgan fingerprint density at radius 2 is 1.93 bits per heavy atom. The number of nitrogens with one attached hydrogen (secondary N) is 1. The van der Waals surface area contributed by atoms with E-state index in [-0.39, 0.29) is 36.5 Å². The van der Waals surface area contributed by atoms with E-state index in [1.807, 2.05) is 6.07 Å². The van der Waals surface area contributed by atoms with Crippen LogP contribution in [0.1, 0.15) is 40.9 Å². The SMILES string of the molecule is I.NC(=NCc1cccc(C(F)(F)F)c1)NCc1ccc2c(n1)CCCC2. The molecule has 0 unspecified atom stereocenters. The molecule has 1 aliphatic rings. The molecule has 27 heavy (non-hydrogen) atoms. The predicted octanol–water partition coefficient (Wildman–Crippen LogP) is 4.20. The van der Waals surface area contributed by atoms with Crippen molar-refractivity contribution in [2.75, 3.05) is 0 Å². The van der Waals surface area contributed by atoms with Crippen molar-refractivity contribution < 1.29 is 13.2 Å². The van der Waals surface area contributed by atoms with Gasteiger partial charge in [0.15, 0.2) is 5.96 Å². The number of guanidine groups is 1. The second-order valence-corrected chi connectivity index (χ2v) is 6.37. The number of nitrogens with zero attached hydrogens (tertiary/aromatic N) is 2. The first-order valence-corrected chi connectivity index (χ1v) is 8.59. The van der Waals surface area contributed by atoms with Gasteiger partial charge in [-0.2, -0.15) is 13.2 Å². The summed E-state index contributed by atoms with van der Waals surface area (Å²) in [5, 5.41) is 2.96. The Morgan fingerprint density at radius 3 is 2.70 bits per heavy atom. The number of aliphatic imine (C=N–C) groups is 1. The van der Waals surface area contributed by atoms with E-state index >= 15 is 0 Å². The number of rotatable bonds is 4. The lowest BCUT2D eigenvalue weighted by Crippen LogP contribution is -2.31. The quantitative estimate of drug-likeness (QED) is 0.384. The van der Waals surface area contributed by atoms with Gasteiger partial charge in [0.25, 0.3) is 0 Å². The number of alkyl halides is 3. The molecule has 0 radical (unpaired) electrons. The molecule has 2 aromatic rings. The summed E-state index contributed by atoms with van der Waals surface area (Å²) in [6.07, 6.45) is 0.0967. The highest BCUT2D eigenvalue weighted by Gasteiger charge is 2.30. The number of halogens is 4. The second kappa shape index (κ2) is 9.38. The standard InChI is InChI=1S/C19H21F3N4.HI/c20-19(21,22)15-6-3-4-13(10-15)11-24-18(23)25-12-16-9-8-14-5-1-2-7-17(14)26-16;/h3-4,6,8-10H,1-2,5,7,11-12H2,(H3,23,24,25);1H. The summed E-state index contributed by atoms with van der Waals surface area (Å²) in [6, 6.07) is 9.16. The molecule has 1 aliphatic carbocycles. The van der Waals surface area contributed by atoms with Crippen LogP contribution in [0.2, 0.25) is 0 Å². The van der Waals surface area contributed by atoms with E-state index in [9.17, 15) is 13.2 Å². The molecule has 0 fully saturated rings. The molecule has 0 aliphatic heterocycles. The molecule has 1 heterocycles. The van der Waals surface area contributed by atoms with Crippen LogP contribution in [0.5, 0.6) is 0 Å². The molecule has 0 amide bonds. The summed E-state index contributed by atoms with van der Waals surface area (Å²) in [6.45, 7) is 0.519. The molecule has 3 N–H and O–H groups in total. The molecule has 1 aromatic heterocycles. The molecule has 0 saturated heterocycles. The van der Waals surface area contributed by atoms with E-state index < -0.39 is 11.7 Å². The number of fused-ring (bicyclic) bond motifs is 1. The maximum atomic E-state index is 12.7. The molecule has 0 saturated carbocycles. The lowest BCUT2D eigenvalue weighted by molar-refractivity contribution is -0.137. The summed E-state index contributed by atoms with van der Waals surface area (Å²) < 4.78 is 38.1. The van der Waals surface area contributed by atoms with Gasteiger partial charge in [0.2, 0.25) is 0 Å². The maximum absolute atomic E-state index is 12.7. The fraction of sp³-hybridized carbons (Fsp3) is 0.368. The number of nitrogens with two attached hydrogens (primary N) is 1. The summed E-state index contributed by atoms with van der Waals surface area (Å²) in [5.41, 5.74) is 8.93. The second-order valence-electron chi connectivity index (χ2n) is 6.37. The van der Waals surface area contributed by atoms with Gasteiger partial charge in [-0.25, -0.2) is 4.99 Å². The van der Waals surface area contributed by atoms with E-state index in [4.69, 9.17) is 5.73 Å². The Balaban J connectivity index is 0.00000261. The van der Waals surface area contributed by atoms with E-state index in [2.05, 4.69) is 21.4 Å². The van der Waals surface area contributed by atoms with Crippen molar-refractivity contribution in [1.82, 2.24) is 10.3 Å². The summed E-state index contributed by atoms with van der Waals surface area (Å²) >= 11 is 0. The highest BCUT2D eigenvalue weighted by molar-refractivity contribution is 14.0. The molecular formula is C19H22F3IN4. The van der Waals surface area contributed by atoms with Gasteiger partial charge in [-0.15, -0.1) is 24.0 Å². The smallest absolute Gasteiger partial charge is 0.370 e. The third kappa shape index (κ3) is 6.08. The van der Waals surface area contributed by atoms with Crippen molar-refractivity contribution in [1.29, 1.82) is 0 Å².